The zero-order valence-corrected chi connectivity index (χ0v) is 11.9. The van der Waals surface area contributed by atoms with Crippen LogP contribution in [-0.2, 0) is 0 Å². The fourth-order valence-electron chi connectivity index (χ4n) is 1.60. The molecule has 18 heavy (non-hydrogen) atoms. The zero-order valence-electron chi connectivity index (χ0n) is 11.1. The van der Waals surface area contributed by atoms with Crippen LogP contribution in [0.5, 0.6) is 0 Å². The summed E-state index contributed by atoms with van der Waals surface area (Å²) in [5, 5.41) is 14.0. The predicted octanol–water partition coefficient (Wildman–Crippen LogP) is 3.32. The van der Waals surface area contributed by atoms with E-state index < -0.39 is 0 Å². The van der Waals surface area contributed by atoms with E-state index in [2.05, 4.69) is 26.1 Å². The van der Waals surface area contributed by atoms with Gasteiger partial charge in [0.1, 0.15) is 0 Å². The van der Waals surface area contributed by atoms with Crippen LogP contribution in [0.1, 0.15) is 20.8 Å². The van der Waals surface area contributed by atoms with Gasteiger partial charge in [-0.2, -0.15) is 0 Å². The Kier molecular flexibility index (Phi) is 6.15. The minimum Gasteiger partial charge on any atom is -0.313 e. The van der Waals surface area contributed by atoms with Crippen LogP contribution in [-0.4, -0.2) is 23.3 Å². The van der Waals surface area contributed by atoms with Crippen molar-refractivity contribution in [1.82, 2.24) is 5.32 Å². The van der Waals surface area contributed by atoms with Gasteiger partial charge in [-0.25, -0.2) is 0 Å². The molecular weight excluding hydrogens is 248 g/mol. The van der Waals surface area contributed by atoms with Gasteiger partial charge in [0.2, 0.25) is 0 Å². The Morgan fingerprint density at radius 2 is 1.94 bits per heavy atom. The second-order valence-electron chi connectivity index (χ2n) is 4.47. The average Bonchev–Trinajstić information content (AvgIpc) is 2.34. The topological polar surface area (TPSA) is 55.2 Å². The zero-order chi connectivity index (χ0) is 13.5. The molecule has 0 aromatic heterocycles. The van der Waals surface area contributed by atoms with Gasteiger partial charge in [-0.1, -0.05) is 20.8 Å². The van der Waals surface area contributed by atoms with Crippen LogP contribution in [0.15, 0.2) is 29.2 Å². The largest absolute Gasteiger partial charge is 0.313 e. The Morgan fingerprint density at radius 1 is 1.33 bits per heavy atom. The van der Waals surface area contributed by atoms with Crippen molar-refractivity contribution in [2.45, 2.75) is 31.7 Å². The summed E-state index contributed by atoms with van der Waals surface area (Å²) in [5.74, 6) is 1.55. The number of non-ortho nitro benzene ring substituents is 1. The Morgan fingerprint density at radius 3 is 2.39 bits per heavy atom. The van der Waals surface area contributed by atoms with Gasteiger partial charge in [0, 0.05) is 28.8 Å². The van der Waals surface area contributed by atoms with E-state index in [0.29, 0.717) is 12.0 Å². The third kappa shape index (κ3) is 4.66. The lowest BCUT2D eigenvalue weighted by molar-refractivity contribution is -0.384. The number of hydrogen-bond donors (Lipinski definition) is 1. The molecule has 4 nitrogen and oxygen atoms in total. The van der Waals surface area contributed by atoms with Crippen molar-refractivity contribution in [2.24, 2.45) is 5.92 Å². The fourth-order valence-corrected chi connectivity index (χ4v) is 2.80. The summed E-state index contributed by atoms with van der Waals surface area (Å²) in [5.41, 5.74) is 0.145. The van der Waals surface area contributed by atoms with Crippen molar-refractivity contribution in [1.29, 1.82) is 0 Å². The number of nitrogens with one attached hydrogen (secondary N) is 1. The molecule has 0 saturated carbocycles. The summed E-state index contributed by atoms with van der Waals surface area (Å²) in [7, 11) is 0. The Labute approximate surface area is 112 Å². The minimum absolute atomic E-state index is 0.145. The SMILES string of the molecule is CCNC(CSc1ccc([N+](=O)[O-])cc1)C(C)C. The highest BCUT2D eigenvalue weighted by Crippen LogP contribution is 2.23. The van der Waals surface area contributed by atoms with Crippen molar-refractivity contribution >= 4 is 17.4 Å². The van der Waals surface area contributed by atoms with Crippen LogP contribution >= 0.6 is 11.8 Å². The van der Waals surface area contributed by atoms with Gasteiger partial charge in [-0.3, -0.25) is 10.1 Å². The van der Waals surface area contributed by atoms with Gasteiger partial charge in [-0.15, -0.1) is 11.8 Å². The number of benzene rings is 1. The van der Waals surface area contributed by atoms with E-state index in [9.17, 15) is 10.1 Å². The van der Waals surface area contributed by atoms with Crippen molar-refractivity contribution in [3.63, 3.8) is 0 Å². The maximum absolute atomic E-state index is 10.5. The van der Waals surface area contributed by atoms with Crippen molar-refractivity contribution in [3.8, 4) is 0 Å². The van der Waals surface area contributed by atoms with Gasteiger partial charge in [0.05, 0.1) is 4.92 Å². The number of nitrogens with zero attached hydrogens (tertiary/aromatic N) is 1. The summed E-state index contributed by atoms with van der Waals surface area (Å²) < 4.78 is 0. The molecule has 100 valence electrons. The van der Waals surface area contributed by atoms with Crippen LogP contribution in [0.2, 0.25) is 0 Å². The summed E-state index contributed by atoms with van der Waals surface area (Å²) in [6, 6.07) is 7.20. The third-order valence-electron chi connectivity index (χ3n) is 2.75. The molecule has 1 unspecified atom stereocenters. The second kappa shape index (κ2) is 7.38. The monoisotopic (exact) mass is 268 g/mol. The normalized spacial score (nSPS) is 12.7. The lowest BCUT2D eigenvalue weighted by atomic mass is 10.1. The Hall–Kier alpha value is -1.07. The lowest BCUT2D eigenvalue weighted by Crippen LogP contribution is -2.35. The molecule has 0 aliphatic rings. The third-order valence-corrected chi connectivity index (χ3v) is 3.88. The van der Waals surface area contributed by atoms with Crippen LogP contribution in [0, 0.1) is 16.0 Å². The van der Waals surface area contributed by atoms with Crippen molar-refractivity contribution < 1.29 is 4.92 Å². The first-order chi connectivity index (χ1) is 8.54. The van der Waals surface area contributed by atoms with E-state index >= 15 is 0 Å². The molecule has 1 N–H and O–H groups in total. The molecule has 0 fully saturated rings. The first-order valence-corrected chi connectivity index (χ1v) is 7.13. The number of thioether (sulfide) groups is 1. The highest BCUT2D eigenvalue weighted by Gasteiger charge is 2.12. The van der Waals surface area contributed by atoms with E-state index in [1.165, 1.54) is 0 Å². The summed E-state index contributed by atoms with van der Waals surface area (Å²) in [6.07, 6.45) is 0. The van der Waals surface area contributed by atoms with Crippen molar-refractivity contribution in [3.05, 3.63) is 34.4 Å². The summed E-state index contributed by atoms with van der Waals surface area (Å²) >= 11 is 1.73. The summed E-state index contributed by atoms with van der Waals surface area (Å²) in [4.78, 5) is 11.2. The van der Waals surface area contributed by atoms with Gasteiger partial charge in [0.25, 0.3) is 5.69 Å². The average molecular weight is 268 g/mol. The standard InChI is InChI=1S/C13H20N2O2S/c1-4-14-13(10(2)3)9-18-12-7-5-11(6-8-12)15(16)17/h5-8,10,13-14H,4,9H2,1-3H3. The molecule has 0 radical (unpaired) electrons. The summed E-state index contributed by atoms with van der Waals surface area (Å²) in [6.45, 7) is 7.46. The van der Waals surface area contributed by atoms with Gasteiger partial charge >= 0.3 is 0 Å². The number of rotatable bonds is 7. The highest BCUT2D eigenvalue weighted by atomic mass is 32.2. The van der Waals surface area contributed by atoms with Crippen LogP contribution in [0.25, 0.3) is 0 Å². The maximum atomic E-state index is 10.5. The van der Waals surface area contributed by atoms with Gasteiger partial charge in [-0.05, 0) is 24.6 Å². The molecule has 0 amide bonds. The Balaban J connectivity index is 2.54. The van der Waals surface area contributed by atoms with E-state index in [1.54, 1.807) is 23.9 Å². The smallest absolute Gasteiger partial charge is 0.269 e. The molecule has 0 aliphatic heterocycles. The van der Waals surface area contributed by atoms with Gasteiger partial charge < -0.3 is 5.32 Å². The number of hydrogen-bond acceptors (Lipinski definition) is 4. The van der Waals surface area contributed by atoms with E-state index in [0.717, 1.165) is 17.2 Å². The fraction of sp³-hybridized carbons (Fsp3) is 0.538. The molecule has 0 saturated heterocycles. The molecule has 1 atom stereocenters. The number of nitro benzene ring substituents is 1. The number of nitro groups is 1. The maximum Gasteiger partial charge on any atom is 0.269 e. The molecule has 0 heterocycles. The Bertz CT molecular complexity index is 379. The van der Waals surface area contributed by atoms with Crippen molar-refractivity contribution in [2.75, 3.05) is 12.3 Å². The molecule has 0 bridgehead atoms. The molecule has 5 heteroatoms. The molecule has 0 spiro atoms. The quantitative estimate of drug-likeness (QED) is 0.468. The van der Waals surface area contributed by atoms with Crippen LogP contribution in [0.3, 0.4) is 0 Å². The van der Waals surface area contributed by atoms with Crippen LogP contribution < -0.4 is 5.32 Å². The molecular formula is C13H20N2O2S. The van der Waals surface area contributed by atoms with E-state index in [4.69, 9.17) is 0 Å². The lowest BCUT2D eigenvalue weighted by Gasteiger charge is -2.21. The highest BCUT2D eigenvalue weighted by molar-refractivity contribution is 7.99. The van der Waals surface area contributed by atoms with Crippen LogP contribution in [0.4, 0.5) is 5.69 Å². The van der Waals surface area contributed by atoms with E-state index in [1.807, 2.05) is 12.1 Å². The predicted molar refractivity (Wildman–Crippen MR) is 76.1 cm³/mol. The molecule has 0 aliphatic carbocycles. The van der Waals surface area contributed by atoms with Gasteiger partial charge in [0.15, 0.2) is 0 Å². The molecule has 1 aromatic carbocycles. The first kappa shape index (κ1) is 15.0. The second-order valence-corrected chi connectivity index (χ2v) is 5.56. The van der Waals surface area contributed by atoms with E-state index in [-0.39, 0.29) is 10.6 Å². The molecule has 1 rings (SSSR count). The minimum atomic E-state index is -0.371. The first-order valence-electron chi connectivity index (χ1n) is 6.15. The molecule has 1 aromatic rings.